The fourth-order valence-corrected chi connectivity index (χ4v) is 4.57. The summed E-state index contributed by atoms with van der Waals surface area (Å²) in [5.74, 6) is -3.08. The Kier molecular flexibility index (Phi) is 6.64. The third-order valence-electron chi connectivity index (χ3n) is 6.17. The molecule has 2 fully saturated rings. The van der Waals surface area contributed by atoms with Gasteiger partial charge in [0.25, 0.3) is 5.91 Å². The van der Waals surface area contributed by atoms with Gasteiger partial charge in [-0.25, -0.2) is 4.79 Å². The summed E-state index contributed by atoms with van der Waals surface area (Å²) in [5, 5.41) is 21.4. The van der Waals surface area contributed by atoms with E-state index in [1.165, 1.54) is 12.1 Å². The molecular weight excluding hydrogens is 404 g/mol. The zero-order valence-electron chi connectivity index (χ0n) is 17.7. The topological polar surface area (TPSA) is 133 Å². The Morgan fingerprint density at radius 1 is 1.19 bits per heavy atom. The average Bonchev–Trinajstić information content (AvgIpc) is 3.24. The fourth-order valence-electron chi connectivity index (χ4n) is 4.57. The van der Waals surface area contributed by atoms with Gasteiger partial charge in [0.15, 0.2) is 0 Å². The number of nitrogens with zero attached hydrogens (tertiary/aromatic N) is 1. The molecule has 168 valence electrons. The number of benzene rings is 1. The highest BCUT2D eigenvalue weighted by Gasteiger charge is 2.69. The summed E-state index contributed by atoms with van der Waals surface area (Å²) >= 11 is 0. The van der Waals surface area contributed by atoms with Crippen molar-refractivity contribution in [2.24, 2.45) is 11.8 Å². The van der Waals surface area contributed by atoms with Gasteiger partial charge in [-0.15, -0.1) is 0 Å². The predicted molar refractivity (Wildman–Crippen MR) is 110 cm³/mol. The number of hydrogen-bond acceptors (Lipinski definition) is 5. The summed E-state index contributed by atoms with van der Waals surface area (Å²) in [6, 6.07) is 4.55. The van der Waals surface area contributed by atoms with Gasteiger partial charge in [0, 0.05) is 13.1 Å². The number of carbonyl (C=O) groups excluding carboxylic acids is 2. The zero-order valence-corrected chi connectivity index (χ0v) is 17.7. The van der Waals surface area contributed by atoms with Crippen LogP contribution in [0.5, 0.6) is 0 Å². The normalized spacial score (nSPS) is 24.8. The van der Waals surface area contributed by atoms with Crippen LogP contribution >= 0.6 is 0 Å². The summed E-state index contributed by atoms with van der Waals surface area (Å²) in [5.41, 5.74) is -0.0843. The first-order chi connectivity index (χ1) is 14.7. The van der Waals surface area contributed by atoms with Crippen LogP contribution in [0.2, 0.25) is 0 Å². The van der Waals surface area contributed by atoms with E-state index in [0.717, 1.165) is 12.0 Å². The Morgan fingerprint density at radius 2 is 1.94 bits per heavy atom. The number of rotatable bonds is 9. The first kappa shape index (κ1) is 22.7. The summed E-state index contributed by atoms with van der Waals surface area (Å²) < 4.78 is 5.50. The van der Waals surface area contributed by atoms with Gasteiger partial charge in [-0.1, -0.05) is 18.6 Å². The molecule has 3 rings (SSSR count). The van der Waals surface area contributed by atoms with E-state index in [9.17, 15) is 29.4 Å². The number of hydrogen-bond donors (Lipinski definition) is 3. The smallest absolute Gasteiger partial charge is 0.336 e. The highest BCUT2D eigenvalue weighted by Crippen LogP contribution is 2.51. The number of aromatic carboxylic acids is 1. The van der Waals surface area contributed by atoms with Gasteiger partial charge in [-0.3, -0.25) is 14.4 Å². The van der Waals surface area contributed by atoms with E-state index >= 15 is 0 Å². The zero-order chi connectivity index (χ0) is 22.8. The molecule has 0 radical (unpaired) electrons. The van der Waals surface area contributed by atoms with E-state index in [0.29, 0.717) is 25.3 Å². The van der Waals surface area contributed by atoms with E-state index in [1.807, 2.05) is 6.92 Å². The molecule has 3 unspecified atom stereocenters. The van der Waals surface area contributed by atoms with Crippen LogP contribution in [0.1, 0.15) is 52.5 Å². The molecule has 2 amide bonds. The van der Waals surface area contributed by atoms with Gasteiger partial charge < -0.3 is 25.2 Å². The van der Waals surface area contributed by atoms with Crippen molar-refractivity contribution >= 4 is 23.8 Å². The van der Waals surface area contributed by atoms with Gasteiger partial charge in [0.05, 0.1) is 30.3 Å². The van der Waals surface area contributed by atoms with Crippen LogP contribution in [0.4, 0.5) is 0 Å². The van der Waals surface area contributed by atoms with E-state index in [1.54, 1.807) is 17.9 Å². The van der Waals surface area contributed by atoms with Crippen LogP contribution in [0.3, 0.4) is 0 Å². The van der Waals surface area contributed by atoms with E-state index in [-0.39, 0.29) is 36.8 Å². The van der Waals surface area contributed by atoms with Gasteiger partial charge in [0.2, 0.25) is 5.91 Å². The highest BCUT2D eigenvalue weighted by molar-refractivity contribution is 6.06. The molecule has 1 saturated heterocycles. The van der Waals surface area contributed by atoms with Crippen LogP contribution in [0, 0.1) is 18.8 Å². The molecule has 3 N–H and O–H groups in total. The molecule has 1 spiro atoms. The monoisotopic (exact) mass is 432 g/mol. The molecule has 2 aliphatic rings. The molecule has 9 nitrogen and oxygen atoms in total. The molecular formula is C22H28N2O7. The Morgan fingerprint density at radius 3 is 2.61 bits per heavy atom. The minimum Gasteiger partial charge on any atom is -0.481 e. The molecule has 31 heavy (non-hydrogen) atoms. The molecule has 9 heteroatoms. The lowest BCUT2D eigenvalue weighted by atomic mass is 9.73. The van der Waals surface area contributed by atoms with Crippen molar-refractivity contribution in [2.45, 2.75) is 38.6 Å². The van der Waals surface area contributed by atoms with Gasteiger partial charge in [-0.2, -0.15) is 0 Å². The lowest BCUT2D eigenvalue weighted by Crippen LogP contribution is -2.41. The summed E-state index contributed by atoms with van der Waals surface area (Å²) in [7, 11) is 0. The van der Waals surface area contributed by atoms with Crippen LogP contribution in [-0.2, 0) is 14.3 Å². The van der Waals surface area contributed by atoms with Crippen molar-refractivity contribution in [3.8, 4) is 0 Å². The third-order valence-corrected chi connectivity index (χ3v) is 6.17. The number of carboxylic acids is 2. The SMILES string of the molecule is Cc1ccc(C(=O)O)c(C(=O)NCCOCCN2C(=O)C23CC(C)CCC3C(=O)O)c1. The molecule has 0 bridgehead atoms. The van der Waals surface area contributed by atoms with Crippen molar-refractivity contribution in [2.75, 3.05) is 26.3 Å². The van der Waals surface area contributed by atoms with Gasteiger partial charge >= 0.3 is 11.9 Å². The summed E-state index contributed by atoms with van der Waals surface area (Å²) in [6.07, 6.45) is 1.87. The van der Waals surface area contributed by atoms with Gasteiger partial charge in [0.1, 0.15) is 5.54 Å². The lowest BCUT2D eigenvalue weighted by Gasteiger charge is -2.31. The number of carbonyl (C=O) groups is 4. The molecule has 3 atom stereocenters. The van der Waals surface area contributed by atoms with Gasteiger partial charge in [-0.05, 0) is 44.2 Å². The second-order valence-electron chi connectivity index (χ2n) is 8.38. The van der Waals surface area contributed by atoms with Crippen LogP contribution in [0.15, 0.2) is 18.2 Å². The summed E-state index contributed by atoms with van der Waals surface area (Å²) in [6.45, 7) is 4.72. The summed E-state index contributed by atoms with van der Waals surface area (Å²) in [4.78, 5) is 49.2. The maximum atomic E-state index is 12.4. The van der Waals surface area contributed by atoms with Crippen molar-refractivity contribution in [3.63, 3.8) is 0 Å². The predicted octanol–water partition coefficient (Wildman–Crippen LogP) is 1.54. The molecule has 1 saturated carbocycles. The number of nitrogens with one attached hydrogen (secondary N) is 1. The highest BCUT2D eigenvalue weighted by atomic mass is 16.5. The number of aryl methyl sites for hydroxylation is 1. The average molecular weight is 432 g/mol. The molecule has 1 aromatic carbocycles. The first-order valence-electron chi connectivity index (χ1n) is 10.4. The van der Waals surface area contributed by atoms with Crippen molar-refractivity contribution in [1.29, 1.82) is 0 Å². The van der Waals surface area contributed by atoms with E-state index in [2.05, 4.69) is 5.32 Å². The minimum atomic E-state index is -1.17. The minimum absolute atomic E-state index is 0.0657. The van der Waals surface area contributed by atoms with E-state index in [4.69, 9.17) is 4.74 Å². The Balaban J connectivity index is 1.44. The third kappa shape index (κ3) is 4.56. The van der Waals surface area contributed by atoms with Crippen LogP contribution in [0.25, 0.3) is 0 Å². The quantitative estimate of drug-likeness (QED) is 0.398. The largest absolute Gasteiger partial charge is 0.481 e. The van der Waals surface area contributed by atoms with Crippen LogP contribution in [-0.4, -0.2) is 70.7 Å². The lowest BCUT2D eigenvalue weighted by molar-refractivity contribution is -0.145. The second-order valence-corrected chi connectivity index (χ2v) is 8.38. The standard InChI is InChI=1S/C22H28N2O7/c1-13-3-5-15(19(26)27)16(11-13)18(25)23-7-9-31-10-8-24-21(30)22(24)12-14(2)4-6-17(22)20(28)29/h3,5,11,14,17H,4,6-10,12H2,1-2H3,(H,23,25)(H,26,27)(H,28,29). The Hall–Kier alpha value is -2.94. The second kappa shape index (κ2) is 9.05. The van der Waals surface area contributed by atoms with Crippen molar-refractivity contribution in [1.82, 2.24) is 10.2 Å². The number of ether oxygens (including phenoxy) is 1. The maximum absolute atomic E-state index is 12.4. The molecule has 1 aliphatic carbocycles. The fraction of sp³-hybridized carbons (Fsp3) is 0.545. The maximum Gasteiger partial charge on any atom is 0.336 e. The number of carboxylic acid groups (broad SMARTS) is 2. The van der Waals surface area contributed by atoms with Crippen molar-refractivity contribution in [3.05, 3.63) is 34.9 Å². The molecule has 1 aliphatic heterocycles. The number of aliphatic carboxylic acids is 1. The Bertz CT molecular complexity index is 900. The first-order valence-corrected chi connectivity index (χ1v) is 10.4. The molecule has 1 aromatic rings. The molecule has 0 aromatic heterocycles. The number of amides is 2. The van der Waals surface area contributed by atoms with E-state index < -0.39 is 29.3 Å². The van der Waals surface area contributed by atoms with Crippen molar-refractivity contribution < 1.29 is 34.1 Å². The molecule has 1 heterocycles. The Labute approximate surface area is 180 Å². The van der Waals surface area contributed by atoms with Crippen LogP contribution < -0.4 is 5.32 Å².